The summed E-state index contributed by atoms with van der Waals surface area (Å²) in [4.78, 5) is 0. The van der Waals surface area contributed by atoms with Gasteiger partial charge in [0.1, 0.15) is 0 Å². The van der Waals surface area contributed by atoms with Crippen molar-refractivity contribution in [2.45, 2.75) is 84.6 Å². The highest BCUT2D eigenvalue weighted by Crippen LogP contribution is 2.08. The van der Waals surface area contributed by atoms with E-state index in [1.807, 2.05) is 0 Å². The summed E-state index contributed by atoms with van der Waals surface area (Å²) in [6.45, 7) is 9.58. The van der Waals surface area contributed by atoms with E-state index >= 15 is 0 Å². The lowest BCUT2D eigenvalue weighted by Crippen LogP contribution is -2.24. The maximum Gasteiger partial charge on any atom is 0.0478 e. The second-order valence-corrected chi connectivity index (χ2v) is 5.55. The van der Waals surface area contributed by atoms with Crippen molar-refractivity contribution in [3.8, 4) is 0 Å². The molecule has 110 valence electrons. The number of hydrogen-bond acceptors (Lipinski definition) is 2. The number of unbranched alkanes of at least 4 members (excludes halogenated alkanes) is 7. The fourth-order valence-corrected chi connectivity index (χ4v) is 2.01. The van der Waals surface area contributed by atoms with Crippen LogP contribution in [-0.4, -0.2) is 25.8 Å². The van der Waals surface area contributed by atoms with Crippen LogP contribution in [0.3, 0.4) is 0 Å². The topological polar surface area (TPSA) is 21.3 Å². The van der Waals surface area contributed by atoms with Gasteiger partial charge in [0, 0.05) is 19.3 Å². The Morgan fingerprint density at radius 3 is 1.94 bits per heavy atom. The summed E-state index contributed by atoms with van der Waals surface area (Å²) in [6, 6.07) is 0.595. The standard InChI is InChI=1S/C16H35NO/c1-4-5-6-7-8-9-10-11-14-18-15-12-13-17-16(2)3/h16-17H,4-15H2,1-3H3. The molecule has 0 bridgehead atoms. The smallest absolute Gasteiger partial charge is 0.0478 e. The van der Waals surface area contributed by atoms with Crippen molar-refractivity contribution >= 4 is 0 Å². The molecular formula is C16H35NO. The van der Waals surface area contributed by atoms with Crippen molar-refractivity contribution in [3.05, 3.63) is 0 Å². The van der Waals surface area contributed by atoms with E-state index in [4.69, 9.17) is 4.74 Å². The van der Waals surface area contributed by atoms with E-state index in [1.54, 1.807) is 0 Å². The molecule has 0 aliphatic carbocycles. The van der Waals surface area contributed by atoms with E-state index in [9.17, 15) is 0 Å². The molecule has 0 amide bonds. The van der Waals surface area contributed by atoms with Crippen LogP contribution in [0.5, 0.6) is 0 Å². The molecule has 0 saturated heterocycles. The zero-order chi connectivity index (χ0) is 13.5. The molecule has 0 aliphatic rings. The van der Waals surface area contributed by atoms with E-state index in [-0.39, 0.29) is 0 Å². The summed E-state index contributed by atoms with van der Waals surface area (Å²) in [7, 11) is 0. The fourth-order valence-electron chi connectivity index (χ4n) is 2.01. The minimum Gasteiger partial charge on any atom is -0.381 e. The van der Waals surface area contributed by atoms with Crippen molar-refractivity contribution in [2.24, 2.45) is 0 Å². The van der Waals surface area contributed by atoms with Gasteiger partial charge in [0.25, 0.3) is 0 Å². The molecule has 0 aliphatic heterocycles. The molecule has 18 heavy (non-hydrogen) atoms. The van der Waals surface area contributed by atoms with Gasteiger partial charge in [0.2, 0.25) is 0 Å². The Kier molecular flexibility index (Phi) is 14.9. The first-order valence-corrected chi connectivity index (χ1v) is 8.08. The lowest BCUT2D eigenvalue weighted by molar-refractivity contribution is 0.127. The predicted molar refractivity (Wildman–Crippen MR) is 81.2 cm³/mol. The maximum atomic E-state index is 5.62. The molecule has 0 saturated carbocycles. The van der Waals surface area contributed by atoms with Crippen LogP contribution in [-0.2, 0) is 4.74 Å². The molecule has 2 heteroatoms. The van der Waals surface area contributed by atoms with Crippen molar-refractivity contribution in [3.63, 3.8) is 0 Å². The molecule has 1 N–H and O–H groups in total. The number of rotatable bonds is 14. The number of ether oxygens (including phenoxy) is 1. The van der Waals surface area contributed by atoms with Crippen LogP contribution in [0.25, 0.3) is 0 Å². The average Bonchev–Trinajstić information content (AvgIpc) is 2.34. The van der Waals surface area contributed by atoms with Crippen LogP contribution in [0.4, 0.5) is 0 Å². The van der Waals surface area contributed by atoms with E-state index < -0.39 is 0 Å². The van der Waals surface area contributed by atoms with Crippen molar-refractivity contribution < 1.29 is 4.74 Å². The van der Waals surface area contributed by atoms with Crippen molar-refractivity contribution in [1.82, 2.24) is 5.32 Å². The van der Waals surface area contributed by atoms with Gasteiger partial charge in [0.05, 0.1) is 0 Å². The molecule has 0 heterocycles. The Balaban J connectivity index is 2.90. The Morgan fingerprint density at radius 1 is 0.778 bits per heavy atom. The van der Waals surface area contributed by atoms with Crippen LogP contribution in [0, 0.1) is 0 Å². The Hall–Kier alpha value is -0.0800. The van der Waals surface area contributed by atoms with Gasteiger partial charge in [-0.05, 0) is 19.4 Å². The zero-order valence-corrected chi connectivity index (χ0v) is 13.0. The quantitative estimate of drug-likeness (QED) is 0.462. The molecular weight excluding hydrogens is 222 g/mol. The zero-order valence-electron chi connectivity index (χ0n) is 13.0. The Labute approximate surface area is 115 Å². The van der Waals surface area contributed by atoms with Gasteiger partial charge in [-0.15, -0.1) is 0 Å². The fraction of sp³-hybridized carbons (Fsp3) is 1.00. The highest BCUT2D eigenvalue weighted by molar-refractivity contribution is 4.52. The summed E-state index contributed by atoms with van der Waals surface area (Å²) < 4.78 is 5.62. The van der Waals surface area contributed by atoms with Gasteiger partial charge in [0.15, 0.2) is 0 Å². The summed E-state index contributed by atoms with van der Waals surface area (Å²) >= 11 is 0. The van der Waals surface area contributed by atoms with Crippen LogP contribution >= 0.6 is 0 Å². The molecule has 0 atom stereocenters. The Morgan fingerprint density at radius 2 is 1.33 bits per heavy atom. The molecule has 2 nitrogen and oxygen atoms in total. The molecule has 0 radical (unpaired) electrons. The normalized spacial score (nSPS) is 11.3. The van der Waals surface area contributed by atoms with Crippen LogP contribution in [0.2, 0.25) is 0 Å². The van der Waals surface area contributed by atoms with Gasteiger partial charge >= 0.3 is 0 Å². The second kappa shape index (κ2) is 15.0. The van der Waals surface area contributed by atoms with Gasteiger partial charge in [-0.2, -0.15) is 0 Å². The molecule has 0 fully saturated rings. The second-order valence-electron chi connectivity index (χ2n) is 5.55. The largest absolute Gasteiger partial charge is 0.381 e. The third-order valence-electron chi connectivity index (χ3n) is 3.16. The lowest BCUT2D eigenvalue weighted by atomic mass is 10.1. The highest BCUT2D eigenvalue weighted by Gasteiger charge is 1.94. The average molecular weight is 257 g/mol. The van der Waals surface area contributed by atoms with Crippen molar-refractivity contribution in [1.29, 1.82) is 0 Å². The van der Waals surface area contributed by atoms with E-state index in [0.29, 0.717) is 6.04 Å². The van der Waals surface area contributed by atoms with Gasteiger partial charge in [-0.25, -0.2) is 0 Å². The minimum atomic E-state index is 0.595. The summed E-state index contributed by atoms with van der Waals surface area (Å²) in [5, 5.41) is 3.40. The van der Waals surface area contributed by atoms with Crippen LogP contribution in [0.15, 0.2) is 0 Å². The highest BCUT2D eigenvalue weighted by atomic mass is 16.5. The first kappa shape index (κ1) is 17.9. The van der Waals surface area contributed by atoms with Gasteiger partial charge in [-0.3, -0.25) is 0 Å². The molecule has 0 aromatic carbocycles. The third-order valence-corrected chi connectivity index (χ3v) is 3.16. The first-order chi connectivity index (χ1) is 8.77. The van der Waals surface area contributed by atoms with E-state index in [2.05, 4.69) is 26.1 Å². The SMILES string of the molecule is CCCCCCCCCCOCCCNC(C)C. The van der Waals surface area contributed by atoms with Gasteiger partial charge < -0.3 is 10.1 Å². The number of hydrogen-bond donors (Lipinski definition) is 1. The summed E-state index contributed by atoms with van der Waals surface area (Å²) in [5.41, 5.74) is 0. The monoisotopic (exact) mass is 257 g/mol. The Bertz CT molecular complexity index is 148. The maximum absolute atomic E-state index is 5.62. The molecule has 0 rings (SSSR count). The van der Waals surface area contributed by atoms with Crippen LogP contribution in [0.1, 0.15) is 78.6 Å². The third kappa shape index (κ3) is 15.9. The molecule has 0 spiro atoms. The molecule has 0 aromatic rings. The van der Waals surface area contributed by atoms with E-state index in [0.717, 1.165) is 26.2 Å². The molecule has 0 aromatic heterocycles. The number of nitrogens with one attached hydrogen (secondary N) is 1. The predicted octanol–water partition coefficient (Wildman–Crippen LogP) is 4.53. The van der Waals surface area contributed by atoms with Crippen LogP contribution < -0.4 is 5.32 Å². The van der Waals surface area contributed by atoms with E-state index in [1.165, 1.54) is 51.4 Å². The minimum absolute atomic E-state index is 0.595. The van der Waals surface area contributed by atoms with Crippen molar-refractivity contribution in [2.75, 3.05) is 19.8 Å². The first-order valence-electron chi connectivity index (χ1n) is 8.08. The summed E-state index contributed by atoms with van der Waals surface area (Å²) in [5.74, 6) is 0. The molecule has 0 unspecified atom stereocenters. The van der Waals surface area contributed by atoms with Gasteiger partial charge in [-0.1, -0.05) is 65.7 Å². The summed E-state index contributed by atoms with van der Waals surface area (Å²) in [6.07, 6.45) is 12.1. The lowest BCUT2D eigenvalue weighted by Gasteiger charge is -2.08.